The van der Waals surface area contributed by atoms with Crippen molar-refractivity contribution in [3.63, 3.8) is 0 Å². The number of amides is 1. The summed E-state index contributed by atoms with van der Waals surface area (Å²) >= 11 is 6.97. The highest BCUT2D eigenvalue weighted by atomic mass is 32.2. The quantitative estimate of drug-likeness (QED) is 0.176. The van der Waals surface area contributed by atoms with E-state index in [4.69, 9.17) is 22.1 Å². The van der Waals surface area contributed by atoms with E-state index < -0.39 is 0 Å². The molecular weight excluding hydrogens is 529 g/mol. The van der Waals surface area contributed by atoms with Gasteiger partial charge in [0.15, 0.2) is 0 Å². The van der Waals surface area contributed by atoms with E-state index in [1.165, 1.54) is 17.8 Å². The molecule has 1 saturated heterocycles. The summed E-state index contributed by atoms with van der Waals surface area (Å²) in [5, 5.41) is 4.90. The van der Waals surface area contributed by atoms with Crippen molar-refractivity contribution in [1.29, 1.82) is 0 Å². The molecule has 4 aromatic rings. The van der Waals surface area contributed by atoms with E-state index >= 15 is 0 Å². The Labute approximate surface area is 236 Å². The van der Waals surface area contributed by atoms with Gasteiger partial charge < -0.3 is 4.74 Å². The van der Waals surface area contributed by atoms with Crippen LogP contribution in [0.25, 0.3) is 23.0 Å². The standard InChI is InChI=1S/C31H26FN3O2S2/c32-27-16-7-4-9-22(27)20-37-26-15-8-10-21(17-26)29-23(19-34(33-29)24-11-2-1-3-12-24)18-28-30(36)35(31(38)39-28)25-13-5-6-14-25/h1-4,7-12,15-19,25H,5-6,13-14,20H2/b28-18-. The first-order valence-corrected chi connectivity index (χ1v) is 14.2. The highest BCUT2D eigenvalue weighted by molar-refractivity contribution is 8.26. The van der Waals surface area contributed by atoms with Gasteiger partial charge >= 0.3 is 0 Å². The fourth-order valence-corrected chi connectivity index (χ4v) is 6.43. The van der Waals surface area contributed by atoms with Crippen LogP contribution >= 0.6 is 24.0 Å². The maximum absolute atomic E-state index is 14.1. The highest BCUT2D eigenvalue weighted by Gasteiger charge is 2.38. The third-order valence-electron chi connectivity index (χ3n) is 7.02. The van der Waals surface area contributed by atoms with E-state index in [1.807, 2.05) is 71.6 Å². The van der Waals surface area contributed by atoms with Crippen LogP contribution in [0.3, 0.4) is 0 Å². The number of rotatable bonds is 7. The fourth-order valence-electron chi connectivity index (χ4n) is 5.04. The maximum atomic E-state index is 14.1. The number of carbonyl (C=O) groups excluding carboxylic acids is 1. The van der Waals surface area contributed by atoms with Crippen LogP contribution in [0.2, 0.25) is 0 Å². The molecule has 0 atom stereocenters. The zero-order valence-corrected chi connectivity index (χ0v) is 22.8. The number of hydrogen-bond donors (Lipinski definition) is 0. The highest BCUT2D eigenvalue weighted by Crippen LogP contribution is 2.39. The predicted molar refractivity (Wildman–Crippen MR) is 157 cm³/mol. The number of benzene rings is 3. The molecule has 0 N–H and O–H groups in total. The van der Waals surface area contributed by atoms with Crippen molar-refractivity contribution in [2.45, 2.75) is 38.3 Å². The van der Waals surface area contributed by atoms with E-state index in [-0.39, 0.29) is 24.4 Å². The summed E-state index contributed by atoms with van der Waals surface area (Å²) in [4.78, 5) is 15.8. The molecule has 0 bridgehead atoms. The van der Waals surface area contributed by atoms with Crippen LogP contribution in [0, 0.1) is 5.82 Å². The summed E-state index contributed by atoms with van der Waals surface area (Å²) in [6.07, 6.45) is 8.07. The number of para-hydroxylation sites is 1. The molecule has 1 aliphatic carbocycles. The third kappa shape index (κ3) is 5.40. The first kappa shape index (κ1) is 25.5. The van der Waals surface area contributed by atoms with Gasteiger partial charge in [-0.3, -0.25) is 9.69 Å². The lowest BCUT2D eigenvalue weighted by Gasteiger charge is -2.21. The average Bonchev–Trinajstić information content (AvgIpc) is 3.69. The van der Waals surface area contributed by atoms with Gasteiger partial charge in [-0.15, -0.1) is 0 Å². The van der Waals surface area contributed by atoms with Crippen LogP contribution in [0.15, 0.2) is 90.0 Å². The molecule has 196 valence electrons. The van der Waals surface area contributed by atoms with E-state index in [0.29, 0.717) is 26.2 Å². The zero-order valence-electron chi connectivity index (χ0n) is 21.1. The molecule has 1 saturated carbocycles. The van der Waals surface area contributed by atoms with Gasteiger partial charge in [-0.25, -0.2) is 9.07 Å². The molecule has 0 radical (unpaired) electrons. The first-order chi connectivity index (χ1) is 19.1. The van der Waals surface area contributed by atoms with Gasteiger partial charge in [0.2, 0.25) is 0 Å². The van der Waals surface area contributed by atoms with Crippen LogP contribution in [0.4, 0.5) is 4.39 Å². The van der Waals surface area contributed by atoms with E-state index in [9.17, 15) is 9.18 Å². The lowest BCUT2D eigenvalue weighted by Crippen LogP contribution is -2.36. The zero-order chi connectivity index (χ0) is 26.8. The van der Waals surface area contributed by atoms with Crippen molar-refractivity contribution in [2.24, 2.45) is 0 Å². The monoisotopic (exact) mass is 555 g/mol. The minimum Gasteiger partial charge on any atom is -0.489 e. The molecule has 0 spiro atoms. The Hall–Kier alpha value is -3.75. The van der Waals surface area contributed by atoms with Crippen molar-refractivity contribution < 1.29 is 13.9 Å². The van der Waals surface area contributed by atoms with Gasteiger partial charge in [0.25, 0.3) is 5.91 Å². The van der Waals surface area contributed by atoms with Crippen LogP contribution in [0.1, 0.15) is 36.8 Å². The van der Waals surface area contributed by atoms with Crippen LogP contribution in [0.5, 0.6) is 5.75 Å². The van der Waals surface area contributed by atoms with E-state index in [0.717, 1.165) is 42.5 Å². The van der Waals surface area contributed by atoms with Gasteiger partial charge in [-0.2, -0.15) is 5.10 Å². The Morgan fingerprint density at radius 1 is 1.03 bits per heavy atom. The second kappa shape index (κ2) is 11.2. The molecule has 1 amide bonds. The Kier molecular flexibility index (Phi) is 7.30. The average molecular weight is 556 g/mol. The number of nitrogens with zero attached hydrogens (tertiary/aromatic N) is 3. The maximum Gasteiger partial charge on any atom is 0.266 e. The van der Waals surface area contributed by atoms with Crippen molar-refractivity contribution in [3.05, 3.63) is 107 Å². The van der Waals surface area contributed by atoms with Gasteiger partial charge in [-0.05, 0) is 49.2 Å². The van der Waals surface area contributed by atoms with Gasteiger partial charge in [0.1, 0.15) is 28.2 Å². The summed E-state index contributed by atoms with van der Waals surface area (Å²) in [5.41, 5.74) is 3.73. The first-order valence-electron chi connectivity index (χ1n) is 13.0. The molecule has 1 aromatic heterocycles. The normalized spacial score (nSPS) is 16.9. The topological polar surface area (TPSA) is 47.4 Å². The molecule has 0 unspecified atom stereocenters. The van der Waals surface area contributed by atoms with Gasteiger partial charge in [-0.1, -0.05) is 85.4 Å². The number of hydrogen-bond acceptors (Lipinski definition) is 5. The van der Waals surface area contributed by atoms with Crippen LogP contribution in [-0.2, 0) is 11.4 Å². The summed E-state index contributed by atoms with van der Waals surface area (Å²) in [7, 11) is 0. The summed E-state index contributed by atoms with van der Waals surface area (Å²) in [5.74, 6) is 0.272. The van der Waals surface area contributed by atoms with E-state index in [2.05, 4.69) is 0 Å². The molecule has 3 aromatic carbocycles. The third-order valence-corrected chi connectivity index (χ3v) is 8.35. The van der Waals surface area contributed by atoms with Gasteiger partial charge in [0.05, 0.1) is 10.6 Å². The van der Waals surface area contributed by atoms with Crippen molar-refractivity contribution in [1.82, 2.24) is 14.7 Å². The minimum atomic E-state index is -0.299. The molecule has 39 heavy (non-hydrogen) atoms. The smallest absolute Gasteiger partial charge is 0.266 e. The van der Waals surface area contributed by atoms with Crippen molar-refractivity contribution >= 4 is 40.3 Å². The Morgan fingerprint density at radius 2 is 1.79 bits per heavy atom. The number of aromatic nitrogens is 2. The lowest BCUT2D eigenvalue weighted by molar-refractivity contribution is -0.123. The fraction of sp³-hybridized carbons (Fsp3) is 0.194. The molecule has 8 heteroatoms. The Bertz CT molecular complexity index is 1560. The molecule has 2 heterocycles. The number of halogens is 1. The molecule has 6 rings (SSSR count). The number of thiocarbonyl (C=S) groups is 1. The van der Waals surface area contributed by atoms with Gasteiger partial charge in [0, 0.05) is 28.9 Å². The molecule has 1 aliphatic heterocycles. The second-order valence-corrected chi connectivity index (χ2v) is 11.3. The summed E-state index contributed by atoms with van der Waals surface area (Å²) in [6.45, 7) is 0.116. The number of carbonyl (C=O) groups is 1. The molecule has 2 aliphatic rings. The largest absolute Gasteiger partial charge is 0.489 e. The van der Waals surface area contributed by atoms with Crippen molar-refractivity contribution in [2.75, 3.05) is 0 Å². The van der Waals surface area contributed by atoms with E-state index in [1.54, 1.807) is 23.1 Å². The SMILES string of the molecule is O=C1/C(=C/c2cn(-c3ccccc3)nc2-c2cccc(OCc3ccccc3F)c2)SC(=S)N1C1CCCC1. The number of thioether (sulfide) groups is 1. The lowest BCUT2D eigenvalue weighted by atomic mass is 10.1. The minimum absolute atomic E-state index is 0.0303. The second-order valence-electron chi connectivity index (χ2n) is 9.61. The molecular formula is C31H26FN3O2S2. The summed E-state index contributed by atoms with van der Waals surface area (Å²) < 4.78 is 22.5. The Balaban J connectivity index is 1.34. The van der Waals surface area contributed by atoms with Crippen LogP contribution < -0.4 is 4.74 Å². The predicted octanol–water partition coefficient (Wildman–Crippen LogP) is 7.40. The Morgan fingerprint density at radius 3 is 2.59 bits per heavy atom. The van der Waals surface area contributed by atoms with Crippen LogP contribution in [-0.4, -0.2) is 30.9 Å². The number of ether oxygens (including phenoxy) is 1. The van der Waals surface area contributed by atoms with Crippen molar-refractivity contribution in [3.8, 4) is 22.7 Å². The summed E-state index contributed by atoms with van der Waals surface area (Å²) in [6, 6.07) is 24.2. The molecule has 2 fully saturated rings. The molecule has 5 nitrogen and oxygen atoms in total.